The van der Waals surface area contributed by atoms with Crippen LogP contribution in [0.15, 0.2) is 6.20 Å². The predicted molar refractivity (Wildman–Crippen MR) is 36.9 cm³/mol. The van der Waals surface area contributed by atoms with Gasteiger partial charge in [0.1, 0.15) is 5.82 Å². The Morgan fingerprint density at radius 1 is 1.73 bits per heavy atom. The minimum atomic E-state index is -0.490. The number of nitrogens with zero attached hydrogens (tertiary/aromatic N) is 2. The van der Waals surface area contributed by atoms with Gasteiger partial charge in [0.2, 0.25) is 0 Å². The lowest BCUT2D eigenvalue weighted by Crippen LogP contribution is -2.05. The molecular weight excluding hydrogens is 144 g/mol. The summed E-state index contributed by atoms with van der Waals surface area (Å²) in [6.45, 7) is 1.69. The Balaban J connectivity index is 2.96. The summed E-state index contributed by atoms with van der Waals surface area (Å²) in [6.07, 6.45) is 1.40. The average molecular weight is 151 g/mol. The first-order valence-electron chi connectivity index (χ1n) is 3.03. The summed E-state index contributed by atoms with van der Waals surface area (Å²) < 4.78 is 4.43. The number of carbonyl (C=O) groups excluding carboxylic acids is 1. The van der Waals surface area contributed by atoms with Gasteiger partial charge in [-0.1, -0.05) is 0 Å². The molecule has 1 rings (SSSR count). The topological polar surface area (TPSA) is 52.1 Å². The minimum Gasteiger partial charge on any atom is -0.464 e. The lowest BCUT2D eigenvalue weighted by atomic mass is 10.4. The fourth-order valence-electron chi connectivity index (χ4n) is 0.611. The summed E-state index contributed by atoms with van der Waals surface area (Å²) in [5, 5.41) is 0. The second kappa shape index (κ2) is 3.09. The molecule has 0 aromatic carbocycles. The van der Waals surface area contributed by atoms with Gasteiger partial charge in [0.25, 0.3) is 0 Å². The van der Waals surface area contributed by atoms with Crippen LogP contribution in [0.4, 0.5) is 0 Å². The second-order valence-electron chi connectivity index (χ2n) is 1.90. The normalized spacial score (nSPS) is 9.27. The van der Waals surface area contributed by atoms with Gasteiger partial charge in [-0.2, -0.15) is 0 Å². The summed E-state index contributed by atoms with van der Waals surface area (Å²) in [5.74, 6) is 0.0413. The van der Waals surface area contributed by atoms with Crippen molar-refractivity contribution in [3.63, 3.8) is 0 Å². The maximum absolute atomic E-state index is 10.8. The van der Waals surface area contributed by atoms with Crippen LogP contribution in [0, 0.1) is 13.0 Å². The van der Waals surface area contributed by atoms with Gasteiger partial charge in [-0.3, -0.25) is 0 Å². The molecule has 4 nitrogen and oxygen atoms in total. The Labute approximate surface area is 64.2 Å². The third-order valence-corrected chi connectivity index (χ3v) is 1.11. The van der Waals surface area contributed by atoms with E-state index in [2.05, 4.69) is 20.8 Å². The van der Waals surface area contributed by atoms with Gasteiger partial charge in [0, 0.05) is 12.3 Å². The Morgan fingerprint density at radius 2 is 2.45 bits per heavy atom. The van der Waals surface area contributed by atoms with E-state index < -0.39 is 5.97 Å². The Morgan fingerprint density at radius 3 is 3.00 bits per heavy atom. The van der Waals surface area contributed by atoms with Crippen LogP contribution in [0.5, 0.6) is 0 Å². The van der Waals surface area contributed by atoms with Gasteiger partial charge >= 0.3 is 5.97 Å². The van der Waals surface area contributed by atoms with Crippen LogP contribution in [-0.2, 0) is 4.74 Å². The highest BCUT2D eigenvalue weighted by Gasteiger charge is 2.06. The van der Waals surface area contributed by atoms with Crippen molar-refractivity contribution in [2.24, 2.45) is 0 Å². The van der Waals surface area contributed by atoms with Crippen molar-refractivity contribution in [3.8, 4) is 0 Å². The van der Waals surface area contributed by atoms with Crippen molar-refractivity contribution in [2.45, 2.75) is 6.92 Å². The summed E-state index contributed by atoms with van der Waals surface area (Å²) in [4.78, 5) is 18.4. The molecule has 0 aliphatic rings. The van der Waals surface area contributed by atoms with E-state index in [9.17, 15) is 4.79 Å². The van der Waals surface area contributed by atoms with Crippen LogP contribution in [0.2, 0.25) is 0 Å². The van der Waals surface area contributed by atoms with Crippen molar-refractivity contribution >= 4 is 5.97 Å². The Bertz CT molecular complexity index is 273. The van der Waals surface area contributed by atoms with Crippen LogP contribution in [0.1, 0.15) is 16.3 Å². The van der Waals surface area contributed by atoms with Crippen LogP contribution in [0.3, 0.4) is 0 Å². The molecule has 0 bridgehead atoms. The van der Waals surface area contributed by atoms with E-state index in [1.54, 1.807) is 6.92 Å². The van der Waals surface area contributed by atoms with Gasteiger partial charge in [0.15, 0.2) is 5.69 Å². The minimum absolute atomic E-state index is 0.167. The second-order valence-corrected chi connectivity index (χ2v) is 1.90. The maximum Gasteiger partial charge on any atom is 0.357 e. The molecule has 0 aliphatic carbocycles. The molecule has 1 heterocycles. The zero-order valence-corrected chi connectivity index (χ0v) is 6.29. The molecule has 0 amide bonds. The molecule has 1 aromatic heterocycles. The molecular formula is C7H7N2O2. The van der Waals surface area contributed by atoms with Crippen molar-refractivity contribution in [3.05, 3.63) is 23.8 Å². The molecule has 4 heteroatoms. The van der Waals surface area contributed by atoms with Gasteiger partial charge in [-0.15, -0.1) is 0 Å². The van der Waals surface area contributed by atoms with Gasteiger partial charge in [0.05, 0.1) is 7.11 Å². The third-order valence-electron chi connectivity index (χ3n) is 1.11. The summed E-state index contributed by atoms with van der Waals surface area (Å²) in [7, 11) is 1.30. The zero-order chi connectivity index (χ0) is 8.27. The van der Waals surface area contributed by atoms with Crippen molar-refractivity contribution in [1.29, 1.82) is 0 Å². The quantitative estimate of drug-likeness (QED) is 0.544. The summed E-state index contributed by atoms with van der Waals surface area (Å²) in [6, 6.07) is 2.56. The van der Waals surface area contributed by atoms with E-state index in [1.807, 2.05) is 0 Å². The number of ether oxygens (including phenoxy) is 1. The number of carbonyl (C=O) groups is 1. The molecule has 0 unspecified atom stereocenters. The largest absolute Gasteiger partial charge is 0.464 e. The monoisotopic (exact) mass is 151 g/mol. The summed E-state index contributed by atoms with van der Waals surface area (Å²) in [5.41, 5.74) is 0.167. The lowest BCUT2D eigenvalue weighted by molar-refractivity contribution is 0.0593. The van der Waals surface area contributed by atoms with E-state index in [-0.39, 0.29) is 5.69 Å². The van der Waals surface area contributed by atoms with Crippen molar-refractivity contribution < 1.29 is 9.53 Å². The number of methoxy groups -OCH3 is 1. The predicted octanol–water partition coefficient (Wildman–Crippen LogP) is 0.372. The van der Waals surface area contributed by atoms with E-state index in [0.717, 1.165) is 0 Å². The first-order valence-corrected chi connectivity index (χ1v) is 3.03. The fourth-order valence-corrected chi connectivity index (χ4v) is 0.611. The van der Waals surface area contributed by atoms with Gasteiger partial charge < -0.3 is 4.74 Å². The van der Waals surface area contributed by atoms with E-state index >= 15 is 0 Å². The molecule has 11 heavy (non-hydrogen) atoms. The number of aryl methyl sites for hydroxylation is 1. The molecule has 57 valence electrons. The van der Waals surface area contributed by atoms with Crippen LogP contribution in [0.25, 0.3) is 0 Å². The fraction of sp³-hybridized carbons (Fsp3) is 0.286. The lowest BCUT2D eigenvalue weighted by Gasteiger charge is -1.96. The standard InChI is InChI=1S/C7H7N2O2/c1-5-8-4-3-6(9-5)7(10)11-2/h4H,1-2H3. The van der Waals surface area contributed by atoms with E-state index in [4.69, 9.17) is 0 Å². The molecule has 0 atom stereocenters. The van der Waals surface area contributed by atoms with Gasteiger partial charge in [-0.05, 0) is 6.92 Å². The highest BCUT2D eigenvalue weighted by molar-refractivity contribution is 5.86. The van der Waals surface area contributed by atoms with E-state index in [0.29, 0.717) is 5.82 Å². The molecule has 0 saturated heterocycles. The molecule has 0 N–H and O–H groups in total. The Kier molecular flexibility index (Phi) is 2.15. The van der Waals surface area contributed by atoms with Crippen molar-refractivity contribution in [1.82, 2.24) is 9.97 Å². The molecule has 0 saturated carbocycles. The number of esters is 1. The number of rotatable bonds is 1. The van der Waals surface area contributed by atoms with Crippen molar-refractivity contribution in [2.75, 3.05) is 7.11 Å². The SMILES string of the molecule is COC(=O)c1[c]cnc(C)n1. The maximum atomic E-state index is 10.8. The number of hydrogen-bond acceptors (Lipinski definition) is 4. The first-order chi connectivity index (χ1) is 5.24. The van der Waals surface area contributed by atoms with Gasteiger partial charge in [-0.25, -0.2) is 14.8 Å². The smallest absolute Gasteiger partial charge is 0.357 e. The van der Waals surface area contributed by atoms with E-state index in [1.165, 1.54) is 13.3 Å². The van der Waals surface area contributed by atoms with Crippen LogP contribution >= 0.6 is 0 Å². The summed E-state index contributed by atoms with van der Waals surface area (Å²) >= 11 is 0. The molecule has 0 fully saturated rings. The average Bonchev–Trinajstić information content (AvgIpc) is 2.03. The number of hydrogen-bond donors (Lipinski definition) is 0. The zero-order valence-electron chi connectivity index (χ0n) is 6.29. The number of aromatic nitrogens is 2. The molecule has 1 radical (unpaired) electrons. The Hall–Kier alpha value is -1.45. The highest BCUT2D eigenvalue weighted by Crippen LogP contribution is 1.94. The van der Waals surface area contributed by atoms with Crippen LogP contribution in [-0.4, -0.2) is 23.0 Å². The third kappa shape index (κ3) is 1.73. The molecule has 1 aromatic rings. The highest BCUT2D eigenvalue weighted by atomic mass is 16.5. The van der Waals surface area contributed by atoms with Crippen LogP contribution < -0.4 is 0 Å². The molecule has 0 spiro atoms. The first kappa shape index (κ1) is 7.65. The molecule has 0 aliphatic heterocycles.